The fourth-order valence-corrected chi connectivity index (χ4v) is 1.24. The van der Waals surface area contributed by atoms with E-state index in [1.807, 2.05) is 18.2 Å². The van der Waals surface area contributed by atoms with Crippen LogP contribution in [0.3, 0.4) is 0 Å². The molecule has 1 aromatic rings. The van der Waals surface area contributed by atoms with Crippen molar-refractivity contribution in [3.8, 4) is 5.75 Å². The maximum Gasteiger partial charge on any atom is 0.341 e. The second-order valence-corrected chi connectivity index (χ2v) is 3.21. The Balaban J connectivity index is 2.59. The molecular formula is C12H15NO3. The molecule has 0 aliphatic carbocycles. The van der Waals surface area contributed by atoms with Crippen LogP contribution in [-0.4, -0.2) is 24.2 Å². The van der Waals surface area contributed by atoms with Crippen LogP contribution in [0.25, 0.3) is 0 Å². The van der Waals surface area contributed by atoms with Gasteiger partial charge in [0.1, 0.15) is 5.75 Å². The van der Waals surface area contributed by atoms with E-state index in [9.17, 15) is 4.79 Å². The molecule has 0 unspecified atom stereocenters. The Morgan fingerprint density at radius 3 is 2.94 bits per heavy atom. The predicted molar refractivity (Wildman–Crippen MR) is 61.5 cm³/mol. The van der Waals surface area contributed by atoms with Gasteiger partial charge < -0.3 is 15.2 Å². The SMILES string of the molecule is C=CCNCc1ccccc1OCC(=O)O. The van der Waals surface area contributed by atoms with Crippen LogP contribution in [-0.2, 0) is 11.3 Å². The standard InChI is InChI=1S/C12H15NO3/c1-2-7-13-8-10-5-3-4-6-11(10)16-9-12(14)15/h2-6,13H,1,7-9H2,(H,14,15). The molecule has 0 aliphatic rings. The second kappa shape index (κ2) is 6.63. The number of ether oxygens (including phenoxy) is 1. The lowest BCUT2D eigenvalue weighted by molar-refractivity contribution is -0.139. The number of carboxylic acids is 1. The van der Waals surface area contributed by atoms with Gasteiger partial charge in [-0.25, -0.2) is 4.79 Å². The van der Waals surface area contributed by atoms with Crippen LogP contribution in [0.15, 0.2) is 36.9 Å². The first-order valence-corrected chi connectivity index (χ1v) is 4.98. The fraction of sp³-hybridized carbons (Fsp3) is 0.250. The highest BCUT2D eigenvalue weighted by Crippen LogP contribution is 2.17. The van der Waals surface area contributed by atoms with Gasteiger partial charge in [-0.2, -0.15) is 0 Å². The molecule has 4 nitrogen and oxygen atoms in total. The Morgan fingerprint density at radius 2 is 2.25 bits per heavy atom. The molecule has 0 bridgehead atoms. The van der Waals surface area contributed by atoms with Crippen LogP contribution in [0, 0.1) is 0 Å². The van der Waals surface area contributed by atoms with Gasteiger partial charge >= 0.3 is 5.97 Å². The van der Waals surface area contributed by atoms with Crippen molar-refractivity contribution in [3.05, 3.63) is 42.5 Å². The predicted octanol–water partition coefficient (Wildman–Crippen LogP) is 1.43. The minimum Gasteiger partial charge on any atom is -0.482 e. The summed E-state index contributed by atoms with van der Waals surface area (Å²) < 4.78 is 5.16. The molecule has 0 spiro atoms. The summed E-state index contributed by atoms with van der Waals surface area (Å²) in [4.78, 5) is 10.4. The zero-order valence-corrected chi connectivity index (χ0v) is 8.98. The third-order valence-electron chi connectivity index (χ3n) is 1.93. The molecule has 2 N–H and O–H groups in total. The lowest BCUT2D eigenvalue weighted by Crippen LogP contribution is -2.15. The van der Waals surface area contributed by atoms with E-state index in [0.29, 0.717) is 18.8 Å². The minimum atomic E-state index is -0.978. The highest BCUT2D eigenvalue weighted by atomic mass is 16.5. The highest BCUT2D eigenvalue weighted by molar-refractivity contribution is 5.68. The first-order chi connectivity index (χ1) is 7.74. The summed E-state index contributed by atoms with van der Waals surface area (Å²) >= 11 is 0. The first-order valence-electron chi connectivity index (χ1n) is 4.98. The van der Waals surface area contributed by atoms with Crippen molar-refractivity contribution >= 4 is 5.97 Å². The first kappa shape index (κ1) is 12.3. The van der Waals surface area contributed by atoms with Gasteiger partial charge in [0.05, 0.1) is 0 Å². The molecule has 0 amide bonds. The van der Waals surface area contributed by atoms with Crippen LogP contribution < -0.4 is 10.1 Å². The summed E-state index contributed by atoms with van der Waals surface area (Å²) in [6.45, 7) is 4.61. The van der Waals surface area contributed by atoms with Gasteiger partial charge in [0.2, 0.25) is 0 Å². The Hall–Kier alpha value is -1.81. The number of rotatable bonds is 7. The van der Waals surface area contributed by atoms with Crippen molar-refractivity contribution in [2.24, 2.45) is 0 Å². The molecule has 1 rings (SSSR count). The number of hydrogen-bond donors (Lipinski definition) is 2. The van der Waals surface area contributed by atoms with Crippen LogP contribution >= 0.6 is 0 Å². The van der Waals surface area contributed by atoms with Gasteiger partial charge in [-0.15, -0.1) is 6.58 Å². The van der Waals surface area contributed by atoms with Crippen LogP contribution in [0.2, 0.25) is 0 Å². The zero-order chi connectivity index (χ0) is 11.8. The molecule has 0 radical (unpaired) electrons. The highest BCUT2D eigenvalue weighted by Gasteiger charge is 2.04. The van der Waals surface area contributed by atoms with E-state index < -0.39 is 5.97 Å². The lowest BCUT2D eigenvalue weighted by atomic mass is 10.2. The van der Waals surface area contributed by atoms with E-state index in [1.54, 1.807) is 12.1 Å². The molecule has 0 saturated heterocycles. The average Bonchev–Trinajstić information content (AvgIpc) is 2.28. The number of hydrogen-bond acceptors (Lipinski definition) is 3. The van der Waals surface area contributed by atoms with Gasteiger partial charge in [-0.3, -0.25) is 0 Å². The number of aliphatic carboxylic acids is 1. The smallest absolute Gasteiger partial charge is 0.341 e. The summed E-state index contributed by atoms with van der Waals surface area (Å²) in [5.41, 5.74) is 0.936. The number of benzene rings is 1. The molecule has 16 heavy (non-hydrogen) atoms. The van der Waals surface area contributed by atoms with Gasteiger partial charge in [-0.05, 0) is 6.07 Å². The average molecular weight is 221 g/mol. The van der Waals surface area contributed by atoms with Gasteiger partial charge in [0, 0.05) is 18.7 Å². The van der Waals surface area contributed by atoms with Crippen LogP contribution in [0.5, 0.6) is 5.75 Å². The quantitative estimate of drug-likeness (QED) is 0.540. The molecule has 4 heteroatoms. The van der Waals surface area contributed by atoms with Crippen molar-refractivity contribution < 1.29 is 14.6 Å². The van der Waals surface area contributed by atoms with Crippen molar-refractivity contribution in [2.45, 2.75) is 6.54 Å². The van der Waals surface area contributed by atoms with E-state index in [4.69, 9.17) is 9.84 Å². The summed E-state index contributed by atoms with van der Waals surface area (Å²) in [7, 11) is 0. The Bertz CT molecular complexity index is 363. The fourth-order valence-electron chi connectivity index (χ4n) is 1.24. The maximum absolute atomic E-state index is 10.4. The summed E-state index contributed by atoms with van der Waals surface area (Å²) in [6.07, 6.45) is 1.76. The van der Waals surface area contributed by atoms with E-state index in [2.05, 4.69) is 11.9 Å². The maximum atomic E-state index is 10.4. The molecule has 0 aliphatic heterocycles. The molecule has 86 valence electrons. The number of carbonyl (C=O) groups is 1. The third-order valence-corrected chi connectivity index (χ3v) is 1.93. The molecule has 0 atom stereocenters. The Kier molecular flexibility index (Phi) is 5.08. The van der Waals surface area contributed by atoms with Crippen LogP contribution in [0.1, 0.15) is 5.56 Å². The van der Waals surface area contributed by atoms with Gasteiger partial charge in [-0.1, -0.05) is 24.3 Å². The number of nitrogens with one attached hydrogen (secondary N) is 1. The molecule has 0 saturated carbocycles. The van der Waals surface area contributed by atoms with Gasteiger partial charge in [0.25, 0.3) is 0 Å². The van der Waals surface area contributed by atoms with Crippen LogP contribution in [0.4, 0.5) is 0 Å². The summed E-state index contributed by atoms with van der Waals surface area (Å²) in [5, 5.41) is 11.7. The summed E-state index contributed by atoms with van der Waals surface area (Å²) in [6, 6.07) is 7.36. The van der Waals surface area contributed by atoms with Crippen molar-refractivity contribution in [1.82, 2.24) is 5.32 Å². The zero-order valence-electron chi connectivity index (χ0n) is 8.98. The third kappa shape index (κ3) is 4.14. The topological polar surface area (TPSA) is 58.6 Å². The summed E-state index contributed by atoms with van der Waals surface area (Å²) in [5.74, 6) is -0.379. The Labute approximate surface area is 94.6 Å². The van der Waals surface area contributed by atoms with E-state index in [0.717, 1.165) is 5.56 Å². The Morgan fingerprint density at radius 1 is 1.50 bits per heavy atom. The van der Waals surface area contributed by atoms with Gasteiger partial charge in [0.15, 0.2) is 6.61 Å². The van der Waals surface area contributed by atoms with E-state index >= 15 is 0 Å². The molecule has 0 heterocycles. The van der Waals surface area contributed by atoms with E-state index in [1.165, 1.54) is 0 Å². The molecule has 0 fully saturated rings. The second-order valence-electron chi connectivity index (χ2n) is 3.21. The number of para-hydroxylation sites is 1. The van der Waals surface area contributed by atoms with Crippen molar-refractivity contribution in [3.63, 3.8) is 0 Å². The normalized spacial score (nSPS) is 9.75. The molecule has 1 aromatic carbocycles. The largest absolute Gasteiger partial charge is 0.482 e. The lowest BCUT2D eigenvalue weighted by Gasteiger charge is -2.09. The monoisotopic (exact) mass is 221 g/mol. The van der Waals surface area contributed by atoms with E-state index in [-0.39, 0.29) is 6.61 Å². The van der Waals surface area contributed by atoms with Crippen molar-refractivity contribution in [1.29, 1.82) is 0 Å². The number of carboxylic acid groups (broad SMARTS) is 1. The molecule has 0 aromatic heterocycles. The minimum absolute atomic E-state index is 0.321. The van der Waals surface area contributed by atoms with Crippen molar-refractivity contribution in [2.75, 3.05) is 13.2 Å². The molecular weight excluding hydrogens is 206 g/mol.